The van der Waals surface area contributed by atoms with E-state index in [1.165, 1.54) is 17.0 Å². The van der Waals surface area contributed by atoms with Gasteiger partial charge in [0.1, 0.15) is 12.2 Å². The maximum Gasteiger partial charge on any atom is 0.416 e. The molecule has 6 heteroatoms. The standard InChI is InChI=1S/C14H14F3NO2/c1-8(13(19)18(2)3)11-12(20-11)9-4-6-10(7-5-9)14(15,16)17/h4-7,11-12H,1H2,2-3H3/t11-,12+/m1/s1. The van der Waals surface area contributed by atoms with Crippen molar-refractivity contribution in [3.63, 3.8) is 0 Å². The van der Waals surface area contributed by atoms with Gasteiger partial charge in [-0.25, -0.2) is 0 Å². The number of ether oxygens (including phenoxy) is 1. The number of rotatable bonds is 3. The number of halogens is 3. The van der Waals surface area contributed by atoms with Crippen LogP contribution < -0.4 is 0 Å². The SMILES string of the molecule is C=C(C(=O)N(C)C)[C@H]1O[C@H]1c1ccc(C(F)(F)F)cc1. The number of likely N-dealkylation sites (N-methyl/N-ethyl adjacent to an activating group) is 1. The molecule has 0 N–H and O–H groups in total. The largest absolute Gasteiger partial charge is 0.416 e. The van der Waals surface area contributed by atoms with Crippen molar-refractivity contribution in [2.75, 3.05) is 14.1 Å². The lowest BCUT2D eigenvalue weighted by atomic mass is 10.0. The van der Waals surface area contributed by atoms with Crippen molar-refractivity contribution in [1.82, 2.24) is 4.90 Å². The van der Waals surface area contributed by atoms with Gasteiger partial charge in [0, 0.05) is 19.7 Å². The van der Waals surface area contributed by atoms with Crippen LogP contribution >= 0.6 is 0 Å². The average molecular weight is 285 g/mol. The van der Waals surface area contributed by atoms with Crippen LogP contribution in [0.3, 0.4) is 0 Å². The van der Waals surface area contributed by atoms with Crippen molar-refractivity contribution in [1.29, 1.82) is 0 Å². The molecule has 1 heterocycles. The first-order valence-electron chi connectivity index (χ1n) is 5.95. The number of epoxide rings is 1. The second-order valence-electron chi connectivity index (χ2n) is 4.82. The first kappa shape index (κ1) is 14.6. The monoisotopic (exact) mass is 285 g/mol. The van der Waals surface area contributed by atoms with E-state index >= 15 is 0 Å². The van der Waals surface area contributed by atoms with Gasteiger partial charge >= 0.3 is 6.18 Å². The molecule has 0 aromatic heterocycles. The molecule has 2 atom stereocenters. The molecular formula is C14H14F3NO2. The second-order valence-corrected chi connectivity index (χ2v) is 4.82. The second kappa shape index (κ2) is 4.94. The van der Waals surface area contributed by atoms with E-state index in [0.717, 1.165) is 12.1 Å². The summed E-state index contributed by atoms with van der Waals surface area (Å²) >= 11 is 0. The van der Waals surface area contributed by atoms with Crippen LogP contribution in [0.5, 0.6) is 0 Å². The molecule has 0 radical (unpaired) electrons. The minimum atomic E-state index is -4.35. The van der Waals surface area contributed by atoms with Gasteiger partial charge in [-0.1, -0.05) is 18.7 Å². The lowest BCUT2D eigenvalue weighted by Gasteiger charge is -2.10. The summed E-state index contributed by atoms with van der Waals surface area (Å²) in [7, 11) is 3.20. The van der Waals surface area contributed by atoms with Crippen molar-refractivity contribution in [3.8, 4) is 0 Å². The minimum absolute atomic E-state index is 0.246. The summed E-state index contributed by atoms with van der Waals surface area (Å²) in [4.78, 5) is 13.1. The van der Waals surface area contributed by atoms with Crippen LogP contribution in [0.15, 0.2) is 36.4 Å². The molecular weight excluding hydrogens is 271 g/mol. The van der Waals surface area contributed by atoms with Crippen LogP contribution in [0, 0.1) is 0 Å². The molecule has 20 heavy (non-hydrogen) atoms. The number of amides is 1. The highest BCUT2D eigenvalue weighted by molar-refractivity contribution is 5.94. The lowest BCUT2D eigenvalue weighted by molar-refractivity contribution is -0.137. The zero-order valence-corrected chi connectivity index (χ0v) is 11.1. The predicted octanol–water partition coefficient (Wildman–Crippen LogP) is 2.79. The molecule has 1 aromatic carbocycles. The number of benzene rings is 1. The van der Waals surface area contributed by atoms with Crippen LogP contribution in [0.4, 0.5) is 13.2 Å². The summed E-state index contributed by atoms with van der Waals surface area (Å²) in [5, 5.41) is 0. The third-order valence-corrected chi connectivity index (χ3v) is 3.08. The van der Waals surface area contributed by atoms with Crippen molar-refractivity contribution in [3.05, 3.63) is 47.5 Å². The molecule has 0 bridgehead atoms. The van der Waals surface area contributed by atoms with Gasteiger partial charge in [-0.05, 0) is 17.7 Å². The van der Waals surface area contributed by atoms with Gasteiger partial charge in [-0.15, -0.1) is 0 Å². The highest BCUT2D eigenvalue weighted by Crippen LogP contribution is 2.43. The lowest BCUT2D eigenvalue weighted by Crippen LogP contribution is -2.25. The molecule has 1 fully saturated rings. The first-order chi connectivity index (χ1) is 9.21. The number of carbonyl (C=O) groups excluding carboxylic acids is 1. The Morgan fingerprint density at radius 2 is 1.80 bits per heavy atom. The molecule has 0 unspecified atom stereocenters. The summed E-state index contributed by atoms with van der Waals surface area (Å²) in [6.07, 6.45) is -5.21. The summed E-state index contributed by atoms with van der Waals surface area (Å²) in [6.45, 7) is 3.67. The molecule has 1 aromatic rings. The smallest absolute Gasteiger partial charge is 0.359 e. The fourth-order valence-corrected chi connectivity index (χ4v) is 1.90. The Balaban J connectivity index is 2.06. The zero-order valence-electron chi connectivity index (χ0n) is 11.1. The van der Waals surface area contributed by atoms with E-state index < -0.39 is 23.9 Å². The molecule has 2 rings (SSSR count). The van der Waals surface area contributed by atoms with Crippen molar-refractivity contribution < 1.29 is 22.7 Å². The summed E-state index contributed by atoms with van der Waals surface area (Å²) < 4.78 is 42.7. The van der Waals surface area contributed by atoms with Gasteiger partial charge in [0.25, 0.3) is 5.91 Å². The fourth-order valence-electron chi connectivity index (χ4n) is 1.90. The van der Waals surface area contributed by atoms with E-state index in [4.69, 9.17) is 4.74 Å². The average Bonchev–Trinajstić information content (AvgIpc) is 3.16. The summed E-state index contributed by atoms with van der Waals surface area (Å²) in [6, 6.07) is 4.73. The Morgan fingerprint density at radius 3 is 2.25 bits per heavy atom. The van der Waals surface area contributed by atoms with Crippen LogP contribution in [0.1, 0.15) is 17.2 Å². The third kappa shape index (κ3) is 2.85. The molecule has 0 aliphatic carbocycles. The van der Waals surface area contributed by atoms with Gasteiger partial charge in [0.05, 0.1) is 5.56 Å². The van der Waals surface area contributed by atoms with Crippen LogP contribution in [0.25, 0.3) is 0 Å². The van der Waals surface area contributed by atoms with Gasteiger partial charge in [0.2, 0.25) is 0 Å². The minimum Gasteiger partial charge on any atom is -0.359 e. The number of nitrogens with zero attached hydrogens (tertiary/aromatic N) is 1. The molecule has 3 nitrogen and oxygen atoms in total. The van der Waals surface area contributed by atoms with Crippen LogP contribution in [0.2, 0.25) is 0 Å². The Hall–Kier alpha value is -1.82. The third-order valence-electron chi connectivity index (χ3n) is 3.08. The van der Waals surface area contributed by atoms with Gasteiger partial charge in [-0.3, -0.25) is 4.79 Å². The predicted molar refractivity (Wildman–Crippen MR) is 66.9 cm³/mol. The molecule has 0 saturated carbocycles. The van der Waals surface area contributed by atoms with E-state index in [9.17, 15) is 18.0 Å². The highest BCUT2D eigenvalue weighted by Gasteiger charge is 2.45. The van der Waals surface area contributed by atoms with Crippen LogP contribution in [-0.4, -0.2) is 31.0 Å². The van der Waals surface area contributed by atoms with E-state index in [2.05, 4.69) is 6.58 Å². The Kier molecular flexibility index (Phi) is 3.60. The molecule has 1 aliphatic heterocycles. The van der Waals surface area contributed by atoms with E-state index in [-0.39, 0.29) is 5.91 Å². The number of hydrogen-bond donors (Lipinski definition) is 0. The van der Waals surface area contributed by atoms with Crippen LogP contribution in [-0.2, 0) is 15.7 Å². The van der Waals surface area contributed by atoms with E-state index in [1.807, 2.05) is 0 Å². The fraction of sp³-hybridized carbons (Fsp3) is 0.357. The molecule has 1 aliphatic rings. The topological polar surface area (TPSA) is 32.8 Å². The number of carbonyl (C=O) groups is 1. The first-order valence-corrected chi connectivity index (χ1v) is 5.95. The van der Waals surface area contributed by atoms with Gasteiger partial charge in [-0.2, -0.15) is 13.2 Å². The Morgan fingerprint density at radius 1 is 1.25 bits per heavy atom. The Bertz CT molecular complexity index is 534. The summed E-state index contributed by atoms with van der Waals surface area (Å²) in [5.41, 5.74) is 0.206. The quantitative estimate of drug-likeness (QED) is 0.632. The maximum atomic E-state index is 12.4. The molecule has 1 saturated heterocycles. The molecule has 1 amide bonds. The number of hydrogen-bond acceptors (Lipinski definition) is 2. The van der Waals surface area contributed by atoms with Gasteiger partial charge < -0.3 is 9.64 Å². The van der Waals surface area contributed by atoms with E-state index in [1.54, 1.807) is 14.1 Å². The van der Waals surface area contributed by atoms with Gasteiger partial charge in [0.15, 0.2) is 0 Å². The Labute approximate surface area is 114 Å². The molecule has 0 spiro atoms. The van der Waals surface area contributed by atoms with E-state index in [0.29, 0.717) is 11.1 Å². The number of alkyl halides is 3. The molecule has 108 valence electrons. The normalized spacial score (nSPS) is 21.4. The van der Waals surface area contributed by atoms with Crippen molar-refractivity contribution in [2.24, 2.45) is 0 Å². The maximum absolute atomic E-state index is 12.4. The highest BCUT2D eigenvalue weighted by atomic mass is 19.4. The zero-order chi connectivity index (χ0) is 15.1. The van der Waals surface area contributed by atoms with Crippen molar-refractivity contribution in [2.45, 2.75) is 18.4 Å². The van der Waals surface area contributed by atoms with Crippen molar-refractivity contribution >= 4 is 5.91 Å². The summed E-state index contributed by atoms with van der Waals surface area (Å²) in [5.74, 6) is -0.246.